The number of nitrogens with zero attached hydrogens (tertiary/aromatic N) is 1. The number of alkyl carbamates (subject to hydrolysis) is 1. The van der Waals surface area contributed by atoms with E-state index in [9.17, 15) is 22.8 Å². The third-order valence-corrected chi connectivity index (χ3v) is 6.15. The number of alkyl halides is 3. The number of likely N-dealkylation sites (tertiary alicyclic amines) is 1. The first-order chi connectivity index (χ1) is 15.5. The van der Waals surface area contributed by atoms with Crippen molar-refractivity contribution in [3.63, 3.8) is 0 Å². The summed E-state index contributed by atoms with van der Waals surface area (Å²) in [5.74, 6) is -2.31. The van der Waals surface area contributed by atoms with Gasteiger partial charge in [-0.3, -0.25) is 4.79 Å². The van der Waals surface area contributed by atoms with Crippen molar-refractivity contribution in [1.82, 2.24) is 10.2 Å². The fourth-order valence-corrected chi connectivity index (χ4v) is 4.50. The summed E-state index contributed by atoms with van der Waals surface area (Å²) in [5.41, 5.74) is 7.14. The first-order valence-corrected chi connectivity index (χ1v) is 10.8. The van der Waals surface area contributed by atoms with E-state index < -0.39 is 24.3 Å². The maximum atomic E-state index is 13.2. The zero-order valence-electron chi connectivity index (χ0n) is 18.4. The molecule has 2 amide bonds. The molecule has 3 atom stereocenters. The normalized spacial score (nSPS) is 22.6. The van der Waals surface area contributed by atoms with Crippen molar-refractivity contribution in [3.05, 3.63) is 35.9 Å². The highest BCUT2D eigenvalue weighted by molar-refractivity contribution is 5.86. The summed E-state index contributed by atoms with van der Waals surface area (Å²) in [6.45, 7) is 4.09. The lowest BCUT2D eigenvalue weighted by molar-refractivity contribution is -0.192. The fourth-order valence-electron chi connectivity index (χ4n) is 4.50. The number of amides is 2. The number of aliphatic carboxylic acids is 1. The molecule has 1 aliphatic carbocycles. The molecule has 4 N–H and O–H groups in total. The molecule has 0 spiro atoms. The SMILES string of the molecule is CCOC(=O)N[C@H](Cc1ccccc1)C(=O)N1C[C@@H]2CCC[C@]2(CN)C1.O=C(O)C(F)(F)F. The topological polar surface area (TPSA) is 122 Å². The number of carbonyl (C=O) groups is 3. The van der Waals surface area contributed by atoms with Crippen molar-refractivity contribution in [2.75, 3.05) is 26.2 Å². The Kier molecular flexibility index (Phi) is 9.09. The number of carboxylic acids is 1. The Bertz CT molecular complexity index is 821. The van der Waals surface area contributed by atoms with Crippen molar-refractivity contribution in [1.29, 1.82) is 0 Å². The molecule has 0 aromatic heterocycles. The number of rotatable bonds is 6. The van der Waals surface area contributed by atoms with Crippen LogP contribution in [0.3, 0.4) is 0 Å². The van der Waals surface area contributed by atoms with E-state index in [-0.39, 0.29) is 17.9 Å². The highest BCUT2D eigenvalue weighted by Gasteiger charge is 2.50. The van der Waals surface area contributed by atoms with Gasteiger partial charge in [0.25, 0.3) is 0 Å². The Morgan fingerprint density at radius 2 is 1.94 bits per heavy atom. The third-order valence-electron chi connectivity index (χ3n) is 6.15. The van der Waals surface area contributed by atoms with E-state index in [0.29, 0.717) is 25.4 Å². The van der Waals surface area contributed by atoms with Crippen LogP contribution in [0.25, 0.3) is 0 Å². The Morgan fingerprint density at radius 1 is 1.30 bits per heavy atom. The minimum absolute atomic E-state index is 0.0378. The molecule has 0 radical (unpaired) electrons. The predicted molar refractivity (Wildman–Crippen MR) is 113 cm³/mol. The zero-order chi connectivity index (χ0) is 24.6. The van der Waals surface area contributed by atoms with E-state index in [4.69, 9.17) is 20.4 Å². The van der Waals surface area contributed by atoms with Gasteiger partial charge in [0, 0.05) is 24.9 Å². The van der Waals surface area contributed by atoms with Crippen LogP contribution in [0.2, 0.25) is 0 Å². The summed E-state index contributed by atoms with van der Waals surface area (Å²) in [5, 5.41) is 9.88. The van der Waals surface area contributed by atoms with Crippen LogP contribution >= 0.6 is 0 Å². The van der Waals surface area contributed by atoms with Crippen molar-refractivity contribution >= 4 is 18.0 Å². The molecule has 33 heavy (non-hydrogen) atoms. The standard InChI is InChI=1S/C20H29N3O3.C2HF3O2/c1-2-26-19(25)22-17(11-15-7-4-3-5-8-15)18(24)23-12-16-9-6-10-20(16,13-21)14-23;3-2(4,5)1(6)7/h3-5,7-8,16-17H,2,6,9-14,21H2,1H3,(H,22,25);(H,6,7)/t16-,17+,20-;/m0./s1. The summed E-state index contributed by atoms with van der Waals surface area (Å²) in [7, 11) is 0. The average Bonchev–Trinajstić information content (AvgIpc) is 3.31. The molecule has 1 aromatic carbocycles. The van der Waals surface area contributed by atoms with Gasteiger partial charge in [0.2, 0.25) is 5.91 Å². The minimum atomic E-state index is -5.08. The van der Waals surface area contributed by atoms with E-state index in [1.807, 2.05) is 35.2 Å². The summed E-state index contributed by atoms with van der Waals surface area (Å²) in [4.78, 5) is 35.9. The molecule has 0 bridgehead atoms. The maximum Gasteiger partial charge on any atom is 0.490 e. The lowest BCUT2D eigenvalue weighted by Gasteiger charge is -2.28. The van der Waals surface area contributed by atoms with Crippen molar-refractivity contribution in [3.8, 4) is 0 Å². The number of fused-ring (bicyclic) bond motifs is 1. The van der Waals surface area contributed by atoms with Crippen LogP contribution in [-0.4, -0.2) is 66.4 Å². The number of halogens is 3. The Hall–Kier alpha value is -2.82. The Morgan fingerprint density at radius 3 is 2.45 bits per heavy atom. The van der Waals surface area contributed by atoms with Crippen LogP contribution in [-0.2, 0) is 20.7 Å². The maximum absolute atomic E-state index is 13.2. The number of carboxylic acid groups (broad SMARTS) is 1. The van der Waals surface area contributed by atoms with Crippen LogP contribution in [0.4, 0.5) is 18.0 Å². The fraction of sp³-hybridized carbons (Fsp3) is 0.591. The van der Waals surface area contributed by atoms with Gasteiger partial charge in [0.05, 0.1) is 6.61 Å². The molecular formula is C22H30F3N3O5. The third kappa shape index (κ3) is 7.08. The van der Waals surface area contributed by atoms with E-state index in [1.54, 1.807) is 6.92 Å². The molecule has 8 nitrogen and oxygen atoms in total. The van der Waals surface area contributed by atoms with Crippen molar-refractivity contribution in [2.45, 2.75) is 44.8 Å². The van der Waals surface area contributed by atoms with Crippen molar-refractivity contribution < 1.29 is 37.4 Å². The largest absolute Gasteiger partial charge is 0.490 e. The lowest BCUT2D eigenvalue weighted by atomic mass is 9.81. The van der Waals surface area contributed by atoms with E-state index in [2.05, 4.69) is 5.32 Å². The first-order valence-electron chi connectivity index (χ1n) is 10.8. The number of benzene rings is 1. The molecular weight excluding hydrogens is 443 g/mol. The molecule has 1 aromatic rings. The second-order valence-corrected chi connectivity index (χ2v) is 8.28. The Balaban J connectivity index is 0.000000479. The van der Waals surface area contributed by atoms with Gasteiger partial charge < -0.3 is 25.8 Å². The summed E-state index contributed by atoms with van der Waals surface area (Å²) >= 11 is 0. The molecule has 1 aliphatic heterocycles. The predicted octanol–water partition coefficient (Wildman–Crippen LogP) is 2.56. The highest BCUT2D eigenvalue weighted by atomic mass is 19.4. The van der Waals surface area contributed by atoms with Gasteiger partial charge in [0.15, 0.2) is 0 Å². The van der Waals surface area contributed by atoms with Gasteiger partial charge in [-0.05, 0) is 37.8 Å². The van der Waals surface area contributed by atoms with Gasteiger partial charge in [0.1, 0.15) is 6.04 Å². The number of nitrogens with one attached hydrogen (secondary N) is 1. The number of nitrogens with two attached hydrogens (primary N) is 1. The van der Waals surface area contributed by atoms with Gasteiger partial charge in [-0.2, -0.15) is 13.2 Å². The molecule has 1 saturated heterocycles. The van der Waals surface area contributed by atoms with Crippen LogP contribution in [0.5, 0.6) is 0 Å². The van der Waals surface area contributed by atoms with Gasteiger partial charge in [-0.15, -0.1) is 0 Å². The average molecular weight is 473 g/mol. The second-order valence-electron chi connectivity index (χ2n) is 8.28. The number of ether oxygens (including phenoxy) is 1. The van der Waals surface area contributed by atoms with E-state index >= 15 is 0 Å². The molecule has 1 saturated carbocycles. The molecule has 184 valence electrons. The molecule has 3 rings (SSSR count). The quantitative estimate of drug-likeness (QED) is 0.584. The molecule has 11 heteroatoms. The van der Waals surface area contributed by atoms with E-state index in [0.717, 1.165) is 24.9 Å². The summed E-state index contributed by atoms with van der Waals surface area (Å²) < 4.78 is 36.7. The Labute approximate surface area is 190 Å². The molecule has 1 heterocycles. The zero-order valence-corrected chi connectivity index (χ0v) is 18.4. The van der Waals surface area contributed by atoms with Gasteiger partial charge in [-0.25, -0.2) is 9.59 Å². The lowest BCUT2D eigenvalue weighted by Crippen LogP contribution is -2.50. The van der Waals surface area contributed by atoms with Crippen molar-refractivity contribution in [2.24, 2.45) is 17.1 Å². The molecule has 0 unspecified atom stereocenters. The van der Waals surface area contributed by atoms with Crippen LogP contribution < -0.4 is 11.1 Å². The number of carbonyl (C=O) groups excluding carboxylic acids is 2. The minimum Gasteiger partial charge on any atom is -0.475 e. The van der Waals surface area contributed by atoms with Crippen LogP contribution in [0.15, 0.2) is 30.3 Å². The second kappa shape index (κ2) is 11.4. The first kappa shape index (κ1) is 26.4. The van der Waals surface area contributed by atoms with Gasteiger partial charge in [-0.1, -0.05) is 36.8 Å². The molecule has 2 fully saturated rings. The molecule has 2 aliphatic rings. The summed E-state index contributed by atoms with van der Waals surface area (Å²) in [6, 6.07) is 9.12. The highest BCUT2D eigenvalue weighted by Crippen LogP contribution is 2.48. The number of hydrogen-bond acceptors (Lipinski definition) is 5. The smallest absolute Gasteiger partial charge is 0.475 e. The van der Waals surface area contributed by atoms with Gasteiger partial charge >= 0.3 is 18.2 Å². The summed E-state index contributed by atoms with van der Waals surface area (Å²) in [6.07, 6.45) is -1.76. The number of hydrogen-bond donors (Lipinski definition) is 3. The van der Waals surface area contributed by atoms with Crippen LogP contribution in [0.1, 0.15) is 31.7 Å². The monoisotopic (exact) mass is 473 g/mol. The van der Waals surface area contributed by atoms with E-state index in [1.165, 1.54) is 6.42 Å². The van der Waals surface area contributed by atoms with Crippen LogP contribution in [0, 0.1) is 11.3 Å².